The van der Waals surface area contributed by atoms with Crippen LogP contribution in [0.3, 0.4) is 0 Å². The van der Waals surface area contributed by atoms with Gasteiger partial charge >= 0.3 is 0 Å². The summed E-state index contributed by atoms with van der Waals surface area (Å²) in [6.45, 7) is 3.59. The number of benzene rings is 2. The Balaban J connectivity index is 2.01. The zero-order chi connectivity index (χ0) is 15.8. The Morgan fingerprint density at radius 3 is 1.59 bits per heavy atom. The average Bonchev–Trinajstić information content (AvgIpc) is 2.52. The molecule has 22 heavy (non-hydrogen) atoms. The van der Waals surface area contributed by atoms with E-state index in [1.54, 1.807) is 0 Å². The van der Waals surface area contributed by atoms with Gasteiger partial charge in [0, 0.05) is 23.1 Å². The minimum absolute atomic E-state index is 0.746. The SMILES string of the molecule is NCCCCN(Cc1ccc(Cl)cc1)Cc1ccc(Cl)cc1. The molecule has 0 heterocycles. The van der Waals surface area contributed by atoms with Gasteiger partial charge in [-0.3, -0.25) is 4.90 Å². The van der Waals surface area contributed by atoms with Crippen molar-refractivity contribution in [1.82, 2.24) is 4.90 Å². The summed E-state index contributed by atoms with van der Waals surface area (Å²) in [6, 6.07) is 16.1. The second-order valence-electron chi connectivity index (χ2n) is 5.46. The first-order valence-corrected chi connectivity index (χ1v) is 8.34. The molecule has 2 aromatic carbocycles. The molecule has 0 aliphatic carbocycles. The number of hydrogen-bond acceptors (Lipinski definition) is 2. The zero-order valence-corrected chi connectivity index (χ0v) is 14.2. The Morgan fingerprint density at radius 2 is 1.18 bits per heavy atom. The van der Waals surface area contributed by atoms with Crippen LogP contribution in [0.4, 0.5) is 0 Å². The number of unbranched alkanes of at least 4 members (excludes halogenated alkanes) is 1. The molecule has 2 rings (SSSR count). The van der Waals surface area contributed by atoms with Crippen LogP contribution in [0, 0.1) is 0 Å². The van der Waals surface area contributed by atoms with Gasteiger partial charge in [0.25, 0.3) is 0 Å². The van der Waals surface area contributed by atoms with E-state index in [1.807, 2.05) is 24.3 Å². The first-order valence-electron chi connectivity index (χ1n) is 7.58. The van der Waals surface area contributed by atoms with Crippen LogP contribution in [0.25, 0.3) is 0 Å². The largest absolute Gasteiger partial charge is 0.330 e. The predicted octanol–water partition coefficient (Wildman–Crippen LogP) is 4.73. The van der Waals surface area contributed by atoms with Gasteiger partial charge in [-0.2, -0.15) is 0 Å². The Labute approximate surface area is 142 Å². The fourth-order valence-electron chi connectivity index (χ4n) is 2.39. The standard InChI is InChI=1S/C18H22Cl2N2/c19-17-7-3-15(4-8-17)13-22(12-2-1-11-21)14-16-5-9-18(20)10-6-16/h3-10H,1-2,11-14,21H2. The molecular weight excluding hydrogens is 315 g/mol. The van der Waals surface area contributed by atoms with Gasteiger partial charge in [0.15, 0.2) is 0 Å². The van der Waals surface area contributed by atoms with Crippen molar-refractivity contribution in [2.75, 3.05) is 13.1 Å². The van der Waals surface area contributed by atoms with Gasteiger partial charge in [0.2, 0.25) is 0 Å². The molecule has 0 saturated carbocycles. The van der Waals surface area contributed by atoms with Crippen molar-refractivity contribution in [3.63, 3.8) is 0 Å². The highest BCUT2D eigenvalue weighted by Gasteiger charge is 2.07. The highest BCUT2D eigenvalue weighted by Crippen LogP contribution is 2.16. The van der Waals surface area contributed by atoms with E-state index in [9.17, 15) is 0 Å². The maximum Gasteiger partial charge on any atom is 0.0406 e. The quantitative estimate of drug-likeness (QED) is 0.705. The van der Waals surface area contributed by atoms with Crippen LogP contribution in [0.2, 0.25) is 10.0 Å². The van der Waals surface area contributed by atoms with Crippen molar-refractivity contribution in [3.8, 4) is 0 Å². The van der Waals surface area contributed by atoms with E-state index in [-0.39, 0.29) is 0 Å². The number of halogens is 2. The van der Waals surface area contributed by atoms with Crippen LogP contribution in [-0.4, -0.2) is 18.0 Å². The fourth-order valence-corrected chi connectivity index (χ4v) is 2.64. The minimum Gasteiger partial charge on any atom is -0.330 e. The molecule has 0 bridgehead atoms. The van der Waals surface area contributed by atoms with E-state index in [2.05, 4.69) is 29.2 Å². The van der Waals surface area contributed by atoms with E-state index in [4.69, 9.17) is 28.9 Å². The van der Waals surface area contributed by atoms with Crippen molar-refractivity contribution in [1.29, 1.82) is 0 Å². The van der Waals surface area contributed by atoms with Crippen LogP contribution in [0.5, 0.6) is 0 Å². The molecule has 2 aromatic rings. The van der Waals surface area contributed by atoms with E-state index < -0.39 is 0 Å². The average molecular weight is 337 g/mol. The summed E-state index contributed by atoms with van der Waals surface area (Å²) in [5, 5.41) is 1.55. The molecule has 2 nitrogen and oxygen atoms in total. The lowest BCUT2D eigenvalue weighted by Gasteiger charge is -2.22. The van der Waals surface area contributed by atoms with Gasteiger partial charge in [-0.15, -0.1) is 0 Å². The van der Waals surface area contributed by atoms with E-state index in [0.717, 1.165) is 49.1 Å². The van der Waals surface area contributed by atoms with Crippen molar-refractivity contribution >= 4 is 23.2 Å². The second kappa shape index (κ2) is 9.16. The molecule has 0 aliphatic heterocycles. The van der Waals surface area contributed by atoms with Crippen LogP contribution >= 0.6 is 23.2 Å². The third-order valence-corrected chi connectivity index (χ3v) is 4.07. The molecule has 0 aromatic heterocycles. The van der Waals surface area contributed by atoms with Crippen molar-refractivity contribution < 1.29 is 0 Å². The molecule has 118 valence electrons. The first-order chi connectivity index (χ1) is 10.7. The van der Waals surface area contributed by atoms with Gasteiger partial charge in [0.1, 0.15) is 0 Å². The zero-order valence-electron chi connectivity index (χ0n) is 12.6. The molecule has 0 radical (unpaired) electrons. The summed E-state index contributed by atoms with van der Waals surface area (Å²) in [5.74, 6) is 0. The number of nitrogens with two attached hydrogens (primary N) is 1. The third-order valence-electron chi connectivity index (χ3n) is 3.57. The molecule has 2 N–H and O–H groups in total. The maximum atomic E-state index is 5.96. The third kappa shape index (κ3) is 5.98. The van der Waals surface area contributed by atoms with Crippen molar-refractivity contribution in [3.05, 3.63) is 69.7 Å². The van der Waals surface area contributed by atoms with Gasteiger partial charge in [0.05, 0.1) is 0 Å². The topological polar surface area (TPSA) is 29.3 Å². The number of rotatable bonds is 8. The smallest absolute Gasteiger partial charge is 0.0406 e. The van der Waals surface area contributed by atoms with Crippen LogP contribution < -0.4 is 5.73 Å². The lowest BCUT2D eigenvalue weighted by atomic mass is 10.1. The molecule has 0 saturated heterocycles. The molecular formula is C18H22Cl2N2. The Hall–Kier alpha value is -1.06. The van der Waals surface area contributed by atoms with Gasteiger partial charge < -0.3 is 5.73 Å². The summed E-state index contributed by atoms with van der Waals surface area (Å²) in [4.78, 5) is 2.43. The van der Waals surface area contributed by atoms with E-state index >= 15 is 0 Å². The van der Waals surface area contributed by atoms with Crippen molar-refractivity contribution in [2.45, 2.75) is 25.9 Å². The van der Waals surface area contributed by atoms with Gasteiger partial charge in [-0.25, -0.2) is 0 Å². The summed E-state index contributed by atoms with van der Waals surface area (Å²) in [6.07, 6.45) is 2.16. The molecule has 0 amide bonds. The summed E-state index contributed by atoms with van der Waals surface area (Å²) in [7, 11) is 0. The molecule has 0 unspecified atom stereocenters. The highest BCUT2D eigenvalue weighted by atomic mass is 35.5. The molecule has 0 spiro atoms. The van der Waals surface area contributed by atoms with Crippen LogP contribution in [-0.2, 0) is 13.1 Å². The summed E-state index contributed by atoms with van der Waals surface area (Å²) < 4.78 is 0. The second-order valence-corrected chi connectivity index (χ2v) is 6.33. The van der Waals surface area contributed by atoms with Crippen LogP contribution in [0.15, 0.2) is 48.5 Å². The molecule has 0 aliphatic rings. The molecule has 0 fully saturated rings. The Morgan fingerprint density at radius 1 is 0.727 bits per heavy atom. The fraction of sp³-hybridized carbons (Fsp3) is 0.333. The summed E-state index contributed by atoms with van der Waals surface area (Å²) in [5.41, 5.74) is 8.14. The Bertz CT molecular complexity index is 505. The lowest BCUT2D eigenvalue weighted by molar-refractivity contribution is 0.252. The van der Waals surface area contributed by atoms with E-state index in [0.29, 0.717) is 0 Å². The first kappa shape index (κ1) is 17.3. The summed E-state index contributed by atoms with van der Waals surface area (Å²) >= 11 is 11.9. The number of hydrogen-bond donors (Lipinski definition) is 1. The van der Waals surface area contributed by atoms with E-state index in [1.165, 1.54) is 11.1 Å². The minimum atomic E-state index is 0.746. The van der Waals surface area contributed by atoms with Crippen LogP contribution in [0.1, 0.15) is 24.0 Å². The Kier molecular flexibility index (Phi) is 7.20. The monoisotopic (exact) mass is 336 g/mol. The number of nitrogens with zero attached hydrogens (tertiary/aromatic N) is 1. The van der Waals surface area contributed by atoms with Crippen molar-refractivity contribution in [2.24, 2.45) is 5.73 Å². The van der Waals surface area contributed by atoms with Gasteiger partial charge in [-0.1, -0.05) is 47.5 Å². The maximum absolute atomic E-state index is 5.96. The normalized spacial score (nSPS) is 11.1. The molecule has 0 atom stereocenters. The van der Waals surface area contributed by atoms with Gasteiger partial charge in [-0.05, 0) is 61.3 Å². The predicted molar refractivity (Wildman–Crippen MR) is 95.3 cm³/mol. The lowest BCUT2D eigenvalue weighted by Crippen LogP contribution is -2.24. The highest BCUT2D eigenvalue weighted by molar-refractivity contribution is 6.30. The molecule has 4 heteroatoms.